The summed E-state index contributed by atoms with van der Waals surface area (Å²) in [6.45, 7) is 7.37. The summed E-state index contributed by atoms with van der Waals surface area (Å²) in [4.78, 5) is 31.4. The highest BCUT2D eigenvalue weighted by atomic mass is 16.2. The van der Waals surface area contributed by atoms with Crippen molar-refractivity contribution in [3.63, 3.8) is 0 Å². The van der Waals surface area contributed by atoms with Crippen LogP contribution < -0.4 is 9.80 Å². The second-order valence-electron chi connectivity index (χ2n) is 9.90. The molecule has 2 aliphatic heterocycles. The Kier molecular flexibility index (Phi) is 4.74. The van der Waals surface area contributed by atoms with Gasteiger partial charge in [-0.05, 0) is 37.1 Å². The van der Waals surface area contributed by atoms with Crippen LogP contribution in [0.15, 0.2) is 97.1 Å². The molecule has 2 aliphatic rings. The zero-order chi connectivity index (χ0) is 25.2. The van der Waals surface area contributed by atoms with Gasteiger partial charge in [-0.3, -0.25) is 19.4 Å². The Labute approximate surface area is 211 Å². The molecular weight excluding hydrogens is 444 g/mol. The minimum Gasteiger partial charge on any atom is -0.295 e. The zero-order valence-electron chi connectivity index (χ0n) is 20.9. The molecule has 0 unspecified atom stereocenters. The van der Waals surface area contributed by atoms with E-state index in [1.807, 2.05) is 70.5 Å². The topological polar surface area (TPSA) is 40.6 Å². The van der Waals surface area contributed by atoms with Gasteiger partial charge >= 0.3 is 0 Å². The summed E-state index contributed by atoms with van der Waals surface area (Å²) in [5.41, 5.74) is 5.67. The van der Waals surface area contributed by atoms with E-state index in [2.05, 4.69) is 50.2 Å². The van der Waals surface area contributed by atoms with Crippen molar-refractivity contribution in [1.29, 1.82) is 0 Å². The number of benzene rings is 4. The van der Waals surface area contributed by atoms with Crippen LogP contribution in [0.3, 0.4) is 0 Å². The first-order valence-corrected chi connectivity index (χ1v) is 12.3. The minimum absolute atomic E-state index is 0.0698. The van der Waals surface area contributed by atoms with Gasteiger partial charge in [-0.1, -0.05) is 96.1 Å². The molecule has 0 saturated carbocycles. The summed E-state index contributed by atoms with van der Waals surface area (Å²) < 4.78 is 0. The van der Waals surface area contributed by atoms with Gasteiger partial charge in [0.1, 0.15) is 11.1 Å². The third-order valence-electron chi connectivity index (χ3n) is 7.77. The molecule has 0 bridgehead atoms. The molecule has 0 aliphatic carbocycles. The molecule has 2 heterocycles. The lowest BCUT2D eigenvalue weighted by Crippen LogP contribution is -2.62. The van der Waals surface area contributed by atoms with Crippen LogP contribution in [0.5, 0.6) is 0 Å². The fraction of sp³-hybridized carbons (Fsp3) is 0.188. The Morgan fingerprint density at radius 2 is 0.917 bits per heavy atom. The number of rotatable bonds is 2. The predicted octanol–water partition coefficient (Wildman–Crippen LogP) is 6.22. The van der Waals surface area contributed by atoms with Crippen LogP contribution in [0, 0.1) is 13.8 Å². The van der Waals surface area contributed by atoms with Crippen LogP contribution in [0.4, 0.5) is 11.4 Å². The fourth-order valence-corrected chi connectivity index (χ4v) is 6.74. The SMILES string of the molecule is CC(=O)N1c2ccc(C)cc2[C@]2(c3ccccc3)N(C(C)=O)c3ccc(C)cc3[C@@]12c1ccccc1. The average molecular weight is 473 g/mol. The van der Waals surface area contributed by atoms with Crippen molar-refractivity contribution >= 4 is 23.2 Å². The highest BCUT2D eigenvalue weighted by Gasteiger charge is 2.73. The first-order valence-electron chi connectivity index (χ1n) is 12.3. The van der Waals surface area contributed by atoms with E-state index >= 15 is 0 Å². The molecule has 0 N–H and O–H groups in total. The lowest BCUT2D eigenvalue weighted by Gasteiger charge is -2.49. The van der Waals surface area contributed by atoms with Gasteiger partial charge in [0.15, 0.2) is 0 Å². The molecule has 4 aromatic rings. The lowest BCUT2D eigenvalue weighted by molar-refractivity contribution is -0.119. The monoisotopic (exact) mass is 472 g/mol. The first kappa shape index (κ1) is 22.3. The van der Waals surface area contributed by atoms with E-state index in [9.17, 15) is 9.59 Å². The maximum Gasteiger partial charge on any atom is 0.225 e. The van der Waals surface area contributed by atoms with Gasteiger partial charge in [0, 0.05) is 25.0 Å². The summed E-state index contributed by atoms with van der Waals surface area (Å²) in [5, 5.41) is 0. The van der Waals surface area contributed by atoms with Crippen molar-refractivity contribution in [1.82, 2.24) is 0 Å². The Morgan fingerprint density at radius 3 is 1.25 bits per heavy atom. The maximum absolute atomic E-state index is 13.8. The van der Waals surface area contributed by atoms with Crippen LogP contribution in [0.1, 0.15) is 47.2 Å². The second-order valence-corrected chi connectivity index (χ2v) is 9.90. The van der Waals surface area contributed by atoms with Crippen LogP contribution in [-0.2, 0) is 20.7 Å². The summed E-state index contributed by atoms with van der Waals surface area (Å²) in [7, 11) is 0. The minimum atomic E-state index is -0.995. The number of carbonyl (C=O) groups is 2. The number of fused-ring (bicyclic) bond motifs is 5. The Hall–Kier alpha value is -4.18. The van der Waals surface area contributed by atoms with E-state index in [0.717, 1.165) is 44.8 Å². The van der Waals surface area contributed by atoms with Crippen molar-refractivity contribution in [2.45, 2.75) is 38.8 Å². The van der Waals surface area contributed by atoms with Gasteiger partial charge in [0.25, 0.3) is 0 Å². The van der Waals surface area contributed by atoms with E-state index in [1.165, 1.54) is 0 Å². The summed E-state index contributed by atoms with van der Waals surface area (Å²) in [5.74, 6) is -0.140. The lowest BCUT2D eigenvalue weighted by atomic mass is 9.65. The number of amides is 2. The molecule has 0 saturated heterocycles. The van der Waals surface area contributed by atoms with E-state index in [4.69, 9.17) is 0 Å². The van der Waals surface area contributed by atoms with Crippen molar-refractivity contribution < 1.29 is 9.59 Å². The Bertz CT molecular complexity index is 1410. The van der Waals surface area contributed by atoms with Gasteiger partial charge in [-0.2, -0.15) is 0 Å². The van der Waals surface area contributed by atoms with Crippen LogP contribution >= 0.6 is 0 Å². The molecule has 36 heavy (non-hydrogen) atoms. The van der Waals surface area contributed by atoms with Crippen molar-refractivity contribution in [3.05, 3.63) is 130 Å². The van der Waals surface area contributed by atoms with Gasteiger partial charge in [-0.15, -0.1) is 0 Å². The predicted molar refractivity (Wildman–Crippen MR) is 143 cm³/mol. The largest absolute Gasteiger partial charge is 0.295 e. The molecule has 4 nitrogen and oxygen atoms in total. The molecule has 6 rings (SSSR count). The highest BCUT2D eigenvalue weighted by Crippen LogP contribution is 2.70. The van der Waals surface area contributed by atoms with E-state index in [1.54, 1.807) is 13.8 Å². The first-order chi connectivity index (χ1) is 17.3. The van der Waals surface area contributed by atoms with Crippen LogP contribution in [0.25, 0.3) is 0 Å². The Balaban J connectivity index is 1.94. The second kappa shape index (κ2) is 7.66. The molecule has 0 aromatic heterocycles. The molecule has 4 aromatic carbocycles. The average Bonchev–Trinajstić information content (AvgIpc) is 3.29. The van der Waals surface area contributed by atoms with Crippen molar-refractivity contribution in [2.75, 3.05) is 9.80 Å². The van der Waals surface area contributed by atoms with Crippen molar-refractivity contribution in [3.8, 4) is 0 Å². The highest BCUT2D eigenvalue weighted by molar-refractivity contribution is 6.08. The molecule has 2 amide bonds. The number of nitrogens with zero attached hydrogens (tertiary/aromatic N) is 2. The quantitative estimate of drug-likeness (QED) is 0.347. The van der Waals surface area contributed by atoms with E-state index in [-0.39, 0.29) is 11.8 Å². The summed E-state index contributed by atoms with van der Waals surface area (Å²) in [6.07, 6.45) is 0. The molecule has 0 radical (unpaired) electrons. The molecule has 2 atom stereocenters. The number of hydrogen-bond donors (Lipinski definition) is 0. The fourth-order valence-electron chi connectivity index (χ4n) is 6.74. The number of aryl methyl sites for hydroxylation is 2. The standard InChI is InChI=1S/C32H28N2O2/c1-21-15-17-29-27(19-21)31(25-11-7-5-8-12-25)32(33(29)23(3)35,26-13-9-6-10-14-26)28-20-22(2)16-18-30(28)34(31)24(4)36/h5-20H,1-4H3/t31-,32+. The van der Waals surface area contributed by atoms with E-state index < -0.39 is 11.1 Å². The number of carbonyl (C=O) groups excluding carboxylic acids is 2. The summed E-state index contributed by atoms with van der Waals surface area (Å²) >= 11 is 0. The van der Waals surface area contributed by atoms with Crippen LogP contribution in [-0.4, -0.2) is 11.8 Å². The molecular formula is C32H28N2O2. The van der Waals surface area contributed by atoms with Crippen molar-refractivity contribution in [2.24, 2.45) is 0 Å². The van der Waals surface area contributed by atoms with Gasteiger partial charge in [0.05, 0.1) is 11.4 Å². The third kappa shape index (κ3) is 2.54. The molecule has 0 fully saturated rings. The molecule has 4 heteroatoms. The third-order valence-corrected chi connectivity index (χ3v) is 7.77. The zero-order valence-corrected chi connectivity index (χ0v) is 20.9. The van der Waals surface area contributed by atoms with Gasteiger partial charge in [0.2, 0.25) is 11.8 Å². The smallest absolute Gasteiger partial charge is 0.225 e. The Morgan fingerprint density at radius 1 is 0.556 bits per heavy atom. The summed E-state index contributed by atoms with van der Waals surface area (Å²) in [6, 6.07) is 32.8. The maximum atomic E-state index is 13.8. The molecule has 0 spiro atoms. The van der Waals surface area contributed by atoms with Crippen LogP contribution in [0.2, 0.25) is 0 Å². The van der Waals surface area contributed by atoms with Gasteiger partial charge < -0.3 is 0 Å². The van der Waals surface area contributed by atoms with E-state index in [0.29, 0.717) is 0 Å². The number of hydrogen-bond acceptors (Lipinski definition) is 2. The molecule has 178 valence electrons. The van der Waals surface area contributed by atoms with Gasteiger partial charge in [-0.25, -0.2) is 0 Å². The number of anilines is 2. The normalized spacial score (nSPS) is 21.7.